The molecule has 2 heterocycles. The number of anilines is 2. The van der Waals surface area contributed by atoms with Crippen LogP contribution in [0.1, 0.15) is 27.2 Å². The summed E-state index contributed by atoms with van der Waals surface area (Å²) in [7, 11) is 0. The molecule has 1 saturated heterocycles. The lowest BCUT2D eigenvalue weighted by atomic mass is 9.99. The SMILES string of the molecule is Cc1ccc(NC(=O)Nc2cc(C)cc3c(-c4ccccc4)c(C(=O)N4CCOCC4)[nH]c23)c(C)c1. The molecule has 0 spiro atoms. The van der Waals surface area contributed by atoms with Crippen LogP contribution in [0.5, 0.6) is 0 Å². The van der Waals surface area contributed by atoms with Crippen LogP contribution in [0.15, 0.2) is 60.7 Å². The Morgan fingerprint density at radius 1 is 0.861 bits per heavy atom. The van der Waals surface area contributed by atoms with Gasteiger partial charge >= 0.3 is 6.03 Å². The Hall–Kier alpha value is -4.10. The van der Waals surface area contributed by atoms with Crippen LogP contribution in [0.3, 0.4) is 0 Å². The molecule has 36 heavy (non-hydrogen) atoms. The first-order chi connectivity index (χ1) is 17.4. The number of rotatable bonds is 4. The standard InChI is InChI=1S/C29H30N4O3/c1-18-9-10-23(20(3)15-18)30-29(35)31-24-17-19(2)16-22-25(21-7-5-4-6-8-21)27(32-26(22)24)28(34)33-11-13-36-14-12-33/h4-10,15-17,32H,11-14H2,1-3H3,(H2,30,31,35). The zero-order valence-electron chi connectivity index (χ0n) is 20.8. The molecule has 0 radical (unpaired) electrons. The number of carbonyl (C=O) groups is 2. The number of urea groups is 1. The number of nitrogens with one attached hydrogen (secondary N) is 3. The Morgan fingerprint density at radius 2 is 1.58 bits per heavy atom. The van der Waals surface area contributed by atoms with Gasteiger partial charge in [-0.15, -0.1) is 0 Å². The lowest BCUT2D eigenvalue weighted by molar-refractivity contribution is 0.0300. The average Bonchev–Trinajstić information content (AvgIpc) is 3.26. The highest BCUT2D eigenvalue weighted by Gasteiger charge is 2.26. The molecule has 1 aromatic heterocycles. The number of nitrogens with zero attached hydrogens (tertiary/aromatic N) is 1. The van der Waals surface area contributed by atoms with E-state index in [1.807, 2.05) is 80.3 Å². The van der Waals surface area contributed by atoms with Crippen LogP contribution in [0.25, 0.3) is 22.0 Å². The van der Waals surface area contributed by atoms with Gasteiger partial charge in [-0.3, -0.25) is 4.79 Å². The zero-order chi connectivity index (χ0) is 25.2. The molecule has 184 valence electrons. The topological polar surface area (TPSA) is 86.5 Å². The first-order valence-corrected chi connectivity index (χ1v) is 12.1. The van der Waals surface area contributed by atoms with E-state index in [4.69, 9.17) is 4.74 Å². The lowest BCUT2D eigenvalue weighted by Gasteiger charge is -2.26. The van der Waals surface area contributed by atoms with Crippen molar-refractivity contribution in [3.05, 3.63) is 83.0 Å². The molecule has 0 aliphatic carbocycles. The van der Waals surface area contributed by atoms with E-state index in [-0.39, 0.29) is 11.9 Å². The second-order valence-electron chi connectivity index (χ2n) is 9.28. The molecule has 7 nitrogen and oxygen atoms in total. The summed E-state index contributed by atoms with van der Waals surface area (Å²) in [5.74, 6) is -0.0725. The van der Waals surface area contributed by atoms with Crippen LogP contribution in [0.2, 0.25) is 0 Å². The first-order valence-electron chi connectivity index (χ1n) is 12.1. The minimum atomic E-state index is -0.342. The number of H-pyrrole nitrogens is 1. The van der Waals surface area contributed by atoms with E-state index in [9.17, 15) is 9.59 Å². The third-order valence-electron chi connectivity index (χ3n) is 6.50. The smallest absolute Gasteiger partial charge is 0.323 e. The lowest BCUT2D eigenvalue weighted by Crippen LogP contribution is -2.41. The van der Waals surface area contributed by atoms with Crippen molar-refractivity contribution in [3.63, 3.8) is 0 Å². The molecule has 7 heteroatoms. The fourth-order valence-corrected chi connectivity index (χ4v) is 4.76. The van der Waals surface area contributed by atoms with E-state index in [0.717, 1.165) is 38.9 Å². The van der Waals surface area contributed by atoms with Crippen LogP contribution in [0.4, 0.5) is 16.2 Å². The Labute approximate surface area is 210 Å². The summed E-state index contributed by atoms with van der Waals surface area (Å²) in [6, 6.07) is 19.4. The number of aryl methyl sites for hydroxylation is 3. The van der Waals surface area contributed by atoms with Gasteiger partial charge in [-0.25, -0.2) is 4.79 Å². The maximum Gasteiger partial charge on any atom is 0.323 e. The van der Waals surface area contributed by atoms with E-state index >= 15 is 0 Å². The van der Waals surface area contributed by atoms with E-state index in [1.54, 1.807) is 0 Å². The van der Waals surface area contributed by atoms with Gasteiger partial charge in [-0.2, -0.15) is 0 Å². The van der Waals surface area contributed by atoms with Crippen LogP contribution in [0, 0.1) is 20.8 Å². The van der Waals surface area contributed by atoms with Crippen LogP contribution < -0.4 is 10.6 Å². The second-order valence-corrected chi connectivity index (χ2v) is 9.28. The van der Waals surface area contributed by atoms with Gasteiger partial charge in [0.1, 0.15) is 5.69 Å². The summed E-state index contributed by atoms with van der Waals surface area (Å²) in [4.78, 5) is 31.8. The number of hydrogen-bond acceptors (Lipinski definition) is 3. The molecule has 0 saturated carbocycles. The summed E-state index contributed by atoms with van der Waals surface area (Å²) in [5.41, 5.74) is 7.48. The number of morpholine rings is 1. The number of ether oxygens (including phenoxy) is 1. The van der Waals surface area contributed by atoms with Gasteiger partial charge in [0.2, 0.25) is 0 Å². The molecule has 5 rings (SSSR count). The van der Waals surface area contributed by atoms with Crippen molar-refractivity contribution in [3.8, 4) is 11.1 Å². The summed E-state index contributed by atoms with van der Waals surface area (Å²) in [6.45, 7) is 8.11. The third kappa shape index (κ3) is 4.70. The van der Waals surface area contributed by atoms with Crippen molar-refractivity contribution in [2.45, 2.75) is 20.8 Å². The molecule has 0 unspecified atom stereocenters. The van der Waals surface area contributed by atoms with Gasteiger partial charge in [0, 0.05) is 29.7 Å². The molecule has 4 aromatic rings. The fourth-order valence-electron chi connectivity index (χ4n) is 4.76. The van der Waals surface area contributed by atoms with Crippen LogP contribution in [-0.4, -0.2) is 48.1 Å². The van der Waals surface area contributed by atoms with E-state index < -0.39 is 0 Å². The molecular formula is C29H30N4O3. The van der Waals surface area contributed by atoms with Gasteiger partial charge in [0.25, 0.3) is 5.91 Å². The van der Waals surface area contributed by atoms with Crippen molar-refractivity contribution in [2.75, 3.05) is 36.9 Å². The molecule has 0 atom stereocenters. The maximum atomic E-state index is 13.6. The molecule has 1 aliphatic rings. The summed E-state index contributed by atoms with van der Waals surface area (Å²) >= 11 is 0. The van der Waals surface area contributed by atoms with Crippen LogP contribution in [-0.2, 0) is 4.74 Å². The van der Waals surface area contributed by atoms with Gasteiger partial charge in [0.15, 0.2) is 0 Å². The maximum absolute atomic E-state index is 13.6. The number of amides is 3. The van der Waals surface area contributed by atoms with Gasteiger partial charge in [-0.05, 0) is 55.7 Å². The highest BCUT2D eigenvalue weighted by Crippen LogP contribution is 2.37. The highest BCUT2D eigenvalue weighted by atomic mass is 16.5. The molecule has 1 fully saturated rings. The second kappa shape index (κ2) is 9.87. The van der Waals surface area contributed by atoms with Crippen molar-refractivity contribution >= 4 is 34.2 Å². The van der Waals surface area contributed by atoms with Gasteiger partial charge in [-0.1, -0.05) is 48.0 Å². The van der Waals surface area contributed by atoms with E-state index in [0.29, 0.717) is 43.2 Å². The fraction of sp³-hybridized carbons (Fsp3) is 0.241. The Balaban J connectivity index is 1.57. The number of fused-ring (bicyclic) bond motifs is 1. The number of carbonyl (C=O) groups excluding carboxylic acids is 2. The van der Waals surface area contributed by atoms with Gasteiger partial charge < -0.3 is 25.3 Å². The largest absolute Gasteiger partial charge is 0.378 e. The highest BCUT2D eigenvalue weighted by molar-refractivity contribution is 6.14. The third-order valence-corrected chi connectivity index (χ3v) is 6.50. The summed E-state index contributed by atoms with van der Waals surface area (Å²) < 4.78 is 5.44. The Morgan fingerprint density at radius 3 is 2.31 bits per heavy atom. The summed E-state index contributed by atoms with van der Waals surface area (Å²) in [6.07, 6.45) is 0. The predicted molar refractivity (Wildman–Crippen MR) is 144 cm³/mol. The van der Waals surface area contributed by atoms with E-state index in [2.05, 4.69) is 21.7 Å². The monoisotopic (exact) mass is 482 g/mol. The molecular weight excluding hydrogens is 452 g/mol. The normalized spacial score (nSPS) is 13.6. The average molecular weight is 483 g/mol. The molecule has 0 bridgehead atoms. The molecule has 3 amide bonds. The zero-order valence-corrected chi connectivity index (χ0v) is 20.8. The summed E-state index contributed by atoms with van der Waals surface area (Å²) in [5, 5.41) is 6.83. The first kappa shape index (κ1) is 23.6. The predicted octanol–water partition coefficient (Wildman–Crippen LogP) is 5.88. The number of aromatic nitrogens is 1. The van der Waals surface area contributed by atoms with E-state index in [1.165, 1.54) is 0 Å². The molecule has 3 N–H and O–H groups in total. The molecule has 1 aliphatic heterocycles. The Bertz CT molecular complexity index is 1440. The minimum absolute atomic E-state index is 0.0725. The van der Waals surface area contributed by atoms with Crippen molar-refractivity contribution in [1.29, 1.82) is 0 Å². The number of hydrogen-bond donors (Lipinski definition) is 3. The Kier molecular flexibility index (Phi) is 6.48. The van der Waals surface area contributed by atoms with Crippen molar-refractivity contribution in [2.24, 2.45) is 0 Å². The molecule has 3 aromatic carbocycles. The van der Waals surface area contributed by atoms with Crippen LogP contribution >= 0.6 is 0 Å². The number of aromatic amines is 1. The van der Waals surface area contributed by atoms with Crippen molar-refractivity contribution in [1.82, 2.24) is 9.88 Å². The minimum Gasteiger partial charge on any atom is -0.378 e. The van der Waals surface area contributed by atoms with Crippen molar-refractivity contribution < 1.29 is 14.3 Å². The number of benzene rings is 3. The van der Waals surface area contributed by atoms with Gasteiger partial charge in [0.05, 0.1) is 24.4 Å². The quantitative estimate of drug-likeness (QED) is 0.340.